The molecule has 0 saturated heterocycles. The maximum atomic E-state index is 12.3. The first kappa shape index (κ1) is 22.1. The van der Waals surface area contributed by atoms with Crippen molar-refractivity contribution in [1.82, 2.24) is 9.88 Å². The molecule has 0 radical (unpaired) electrons. The molecular weight excluding hydrogens is 444 g/mol. The van der Waals surface area contributed by atoms with Crippen LogP contribution in [0, 0.1) is 0 Å². The number of nitrogens with zero attached hydrogens (tertiary/aromatic N) is 1. The maximum Gasteiger partial charge on any atom is 0.337 e. The molecule has 0 aliphatic carbocycles. The molecule has 0 spiro atoms. The van der Waals surface area contributed by atoms with E-state index in [2.05, 4.69) is 39.7 Å². The monoisotopic (exact) mass is 470 g/mol. The number of hydrogen-bond acceptors (Lipinski definition) is 3. The van der Waals surface area contributed by atoms with E-state index in [1.54, 1.807) is 6.07 Å². The van der Waals surface area contributed by atoms with E-state index < -0.39 is 0 Å². The van der Waals surface area contributed by atoms with E-state index in [0.717, 1.165) is 34.8 Å². The van der Waals surface area contributed by atoms with E-state index in [1.807, 2.05) is 42.6 Å². The first-order valence-corrected chi connectivity index (χ1v) is 10.9. The average molecular weight is 471 g/mol. The number of aromatic nitrogens is 1. The Morgan fingerprint density at radius 3 is 2.43 bits per heavy atom. The zero-order valence-corrected chi connectivity index (χ0v) is 19.2. The van der Waals surface area contributed by atoms with E-state index in [4.69, 9.17) is 4.74 Å². The molecule has 5 nitrogen and oxygen atoms in total. The topological polar surface area (TPSA) is 60.3 Å². The van der Waals surface area contributed by atoms with Crippen LogP contribution in [-0.4, -0.2) is 30.1 Å². The number of rotatable bonds is 8. The lowest BCUT2D eigenvalue weighted by Gasteiger charge is -2.09. The fourth-order valence-electron chi connectivity index (χ4n) is 3.41. The zero-order valence-electron chi connectivity index (χ0n) is 17.6. The van der Waals surface area contributed by atoms with Crippen LogP contribution in [0.15, 0.2) is 53.1 Å². The number of esters is 1. The molecule has 0 aliphatic rings. The maximum absolute atomic E-state index is 12.3. The molecule has 0 aliphatic heterocycles. The second kappa shape index (κ2) is 9.94. The minimum Gasteiger partial charge on any atom is -0.465 e. The fraction of sp³-hybridized carbons (Fsp3) is 0.333. The molecule has 0 fully saturated rings. The fourth-order valence-corrected chi connectivity index (χ4v) is 3.99. The molecule has 0 unspecified atom stereocenters. The standard InChI is InChI=1S/C24H27BrN2O3/c1-16(2)17-6-8-18(9-7-17)23(28)26-12-4-5-13-27-15-21(25)20-11-10-19(14-22(20)27)24(29)30-3/h6-11,14-16H,4-5,12-13H2,1-3H3,(H,26,28). The summed E-state index contributed by atoms with van der Waals surface area (Å²) in [7, 11) is 1.38. The van der Waals surface area contributed by atoms with Crippen molar-refractivity contribution >= 4 is 38.7 Å². The van der Waals surface area contributed by atoms with Gasteiger partial charge in [-0.3, -0.25) is 4.79 Å². The number of fused-ring (bicyclic) bond motifs is 1. The van der Waals surface area contributed by atoms with E-state index in [-0.39, 0.29) is 11.9 Å². The largest absolute Gasteiger partial charge is 0.465 e. The van der Waals surface area contributed by atoms with Gasteiger partial charge in [-0.05, 0) is 64.5 Å². The molecule has 3 aromatic rings. The van der Waals surface area contributed by atoms with Crippen molar-refractivity contribution in [1.29, 1.82) is 0 Å². The van der Waals surface area contributed by atoms with Gasteiger partial charge >= 0.3 is 5.97 Å². The second-order valence-electron chi connectivity index (χ2n) is 7.63. The summed E-state index contributed by atoms with van der Waals surface area (Å²) in [4.78, 5) is 24.1. The quantitative estimate of drug-likeness (QED) is 0.348. The molecule has 3 rings (SSSR count). The summed E-state index contributed by atoms with van der Waals surface area (Å²) in [5, 5.41) is 4.05. The van der Waals surface area contributed by atoms with Gasteiger partial charge in [0.25, 0.3) is 5.91 Å². The summed E-state index contributed by atoms with van der Waals surface area (Å²) in [5.74, 6) is 0.0720. The number of ether oxygens (including phenoxy) is 1. The number of amides is 1. The Morgan fingerprint density at radius 1 is 1.07 bits per heavy atom. The van der Waals surface area contributed by atoms with Gasteiger partial charge in [-0.15, -0.1) is 0 Å². The van der Waals surface area contributed by atoms with Crippen molar-refractivity contribution in [2.75, 3.05) is 13.7 Å². The highest BCUT2D eigenvalue weighted by molar-refractivity contribution is 9.10. The third kappa shape index (κ3) is 5.11. The molecule has 158 valence electrons. The lowest BCUT2D eigenvalue weighted by atomic mass is 10.0. The number of benzene rings is 2. The highest BCUT2D eigenvalue weighted by Gasteiger charge is 2.12. The predicted octanol–water partition coefficient (Wildman–Crippen LogP) is 5.52. The average Bonchev–Trinajstić information content (AvgIpc) is 3.07. The number of carbonyl (C=O) groups is 2. The molecule has 1 amide bonds. The first-order valence-electron chi connectivity index (χ1n) is 10.2. The Hall–Kier alpha value is -2.60. The number of carbonyl (C=O) groups excluding carboxylic acids is 2. The highest BCUT2D eigenvalue weighted by atomic mass is 79.9. The van der Waals surface area contributed by atoms with Gasteiger partial charge in [-0.25, -0.2) is 4.79 Å². The van der Waals surface area contributed by atoms with Crippen molar-refractivity contribution < 1.29 is 14.3 Å². The predicted molar refractivity (Wildman–Crippen MR) is 123 cm³/mol. The first-order chi connectivity index (χ1) is 14.4. The molecular formula is C24H27BrN2O3. The Labute approximate surface area is 185 Å². The number of aryl methyl sites for hydroxylation is 1. The number of hydrogen-bond donors (Lipinski definition) is 1. The van der Waals surface area contributed by atoms with Gasteiger partial charge in [0.2, 0.25) is 0 Å². The van der Waals surface area contributed by atoms with Gasteiger partial charge in [0, 0.05) is 34.7 Å². The zero-order chi connectivity index (χ0) is 21.7. The third-order valence-electron chi connectivity index (χ3n) is 5.21. The van der Waals surface area contributed by atoms with Crippen LogP contribution >= 0.6 is 15.9 Å². The summed E-state index contributed by atoms with van der Waals surface area (Å²) < 4.78 is 7.94. The second-order valence-corrected chi connectivity index (χ2v) is 8.49. The molecule has 30 heavy (non-hydrogen) atoms. The SMILES string of the molecule is COC(=O)c1ccc2c(Br)cn(CCCCNC(=O)c3ccc(C(C)C)cc3)c2c1. The molecule has 1 heterocycles. The number of methoxy groups -OCH3 is 1. The lowest BCUT2D eigenvalue weighted by Crippen LogP contribution is -2.24. The lowest BCUT2D eigenvalue weighted by molar-refractivity contribution is 0.0600. The Balaban J connectivity index is 1.53. The van der Waals surface area contributed by atoms with Gasteiger partial charge in [0.05, 0.1) is 18.2 Å². The smallest absolute Gasteiger partial charge is 0.337 e. The Morgan fingerprint density at radius 2 is 1.77 bits per heavy atom. The molecule has 1 aromatic heterocycles. The molecule has 1 N–H and O–H groups in total. The normalized spacial score (nSPS) is 11.1. The van der Waals surface area contributed by atoms with Crippen LogP contribution < -0.4 is 5.32 Å². The minimum absolute atomic E-state index is 0.0396. The van der Waals surface area contributed by atoms with Crippen LogP contribution in [0.1, 0.15) is 58.9 Å². The van der Waals surface area contributed by atoms with Crippen LogP contribution in [0.3, 0.4) is 0 Å². The van der Waals surface area contributed by atoms with Gasteiger partial charge in [-0.1, -0.05) is 32.0 Å². The van der Waals surface area contributed by atoms with Gasteiger partial charge in [-0.2, -0.15) is 0 Å². The number of nitrogens with one attached hydrogen (secondary N) is 1. The van der Waals surface area contributed by atoms with Crippen molar-refractivity contribution in [2.24, 2.45) is 0 Å². The van der Waals surface area contributed by atoms with Crippen LogP contribution in [0.4, 0.5) is 0 Å². The van der Waals surface area contributed by atoms with Crippen LogP contribution in [0.5, 0.6) is 0 Å². The van der Waals surface area contributed by atoms with E-state index in [9.17, 15) is 9.59 Å². The van der Waals surface area contributed by atoms with Crippen molar-refractivity contribution in [2.45, 2.75) is 39.2 Å². The van der Waals surface area contributed by atoms with Crippen molar-refractivity contribution in [3.8, 4) is 0 Å². The summed E-state index contributed by atoms with van der Waals surface area (Å²) in [6.07, 6.45) is 3.80. The van der Waals surface area contributed by atoms with Gasteiger partial charge in [0.1, 0.15) is 0 Å². The van der Waals surface area contributed by atoms with Gasteiger partial charge in [0.15, 0.2) is 0 Å². The highest BCUT2D eigenvalue weighted by Crippen LogP contribution is 2.27. The molecule has 6 heteroatoms. The van der Waals surface area contributed by atoms with Crippen LogP contribution in [0.25, 0.3) is 10.9 Å². The molecule has 0 bridgehead atoms. The van der Waals surface area contributed by atoms with E-state index >= 15 is 0 Å². The van der Waals surface area contributed by atoms with Crippen molar-refractivity contribution in [3.05, 3.63) is 69.8 Å². The minimum atomic E-state index is -0.343. The molecule has 2 aromatic carbocycles. The Kier molecular flexibility index (Phi) is 7.32. The molecule has 0 atom stereocenters. The summed E-state index contributed by atoms with van der Waals surface area (Å²) in [5.41, 5.74) is 3.44. The van der Waals surface area contributed by atoms with Crippen LogP contribution in [-0.2, 0) is 11.3 Å². The number of halogens is 1. The van der Waals surface area contributed by atoms with Crippen LogP contribution in [0.2, 0.25) is 0 Å². The number of unbranched alkanes of at least 4 members (excludes halogenated alkanes) is 1. The molecule has 0 saturated carbocycles. The van der Waals surface area contributed by atoms with E-state index in [1.165, 1.54) is 12.7 Å². The Bertz CT molecular complexity index is 1040. The van der Waals surface area contributed by atoms with Crippen molar-refractivity contribution in [3.63, 3.8) is 0 Å². The summed E-state index contributed by atoms with van der Waals surface area (Å²) in [6.45, 7) is 5.69. The summed E-state index contributed by atoms with van der Waals surface area (Å²) in [6, 6.07) is 13.3. The third-order valence-corrected chi connectivity index (χ3v) is 5.84. The van der Waals surface area contributed by atoms with Gasteiger partial charge < -0.3 is 14.6 Å². The summed E-state index contributed by atoms with van der Waals surface area (Å²) >= 11 is 3.58. The van der Waals surface area contributed by atoms with E-state index in [0.29, 0.717) is 23.6 Å².